The molecule has 10 heavy (non-hydrogen) atoms. The zero-order valence-corrected chi connectivity index (χ0v) is 7.14. The van der Waals surface area contributed by atoms with E-state index in [0.29, 0.717) is 6.04 Å². The minimum atomic E-state index is 0.555. The maximum Gasteiger partial charge on any atom is 0.0102 e. The summed E-state index contributed by atoms with van der Waals surface area (Å²) in [4.78, 5) is 0. The third kappa shape index (κ3) is 1.51. The molecule has 1 aliphatic rings. The molecule has 1 heteroatoms. The van der Waals surface area contributed by atoms with Crippen molar-refractivity contribution in [1.29, 1.82) is 0 Å². The molecule has 1 aliphatic carbocycles. The van der Waals surface area contributed by atoms with Crippen LogP contribution in [0.4, 0.5) is 0 Å². The first-order valence-electron chi connectivity index (χ1n) is 4.56. The van der Waals surface area contributed by atoms with Crippen molar-refractivity contribution in [3.05, 3.63) is 0 Å². The van der Waals surface area contributed by atoms with Gasteiger partial charge in [-0.1, -0.05) is 26.7 Å². The van der Waals surface area contributed by atoms with Gasteiger partial charge in [-0.3, -0.25) is 0 Å². The van der Waals surface area contributed by atoms with Crippen molar-refractivity contribution >= 4 is 0 Å². The molecule has 0 aromatic heterocycles. The highest BCUT2D eigenvalue weighted by molar-refractivity contribution is 4.99. The molecule has 1 rings (SSSR count). The Kier molecular flexibility index (Phi) is 2.72. The number of nitrogens with two attached hydrogens (primary N) is 1. The molecule has 1 nitrogen and oxygen atoms in total. The molecule has 2 unspecified atom stereocenters. The Hall–Kier alpha value is -0.0400. The summed E-state index contributed by atoms with van der Waals surface area (Å²) in [6.45, 7) is 4.49. The van der Waals surface area contributed by atoms with Crippen molar-refractivity contribution in [2.45, 2.75) is 45.6 Å². The standard InChI is InChI=1S/C9H19N/c1-3-5-7-8(6-4-2)9(7)10/h7-9H,3-6,10H2,1-2H3. The molecule has 0 radical (unpaired) electrons. The molecule has 1 saturated carbocycles. The summed E-state index contributed by atoms with van der Waals surface area (Å²) >= 11 is 0. The van der Waals surface area contributed by atoms with Crippen LogP contribution in [0.1, 0.15) is 39.5 Å². The molecule has 0 amide bonds. The molecular weight excluding hydrogens is 122 g/mol. The zero-order chi connectivity index (χ0) is 7.56. The maximum absolute atomic E-state index is 5.88. The van der Waals surface area contributed by atoms with Crippen molar-refractivity contribution in [3.63, 3.8) is 0 Å². The van der Waals surface area contributed by atoms with E-state index in [1.165, 1.54) is 25.7 Å². The van der Waals surface area contributed by atoms with E-state index in [1.807, 2.05) is 0 Å². The summed E-state index contributed by atoms with van der Waals surface area (Å²) in [6, 6.07) is 0.555. The molecule has 0 aliphatic heterocycles. The molecule has 2 atom stereocenters. The molecule has 60 valence electrons. The van der Waals surface area contributed by atoms with Gasteiger partial charge in [-0.25, -0.2) is 0 Å². The van der Waals surface area contributed by atoms with Crippen LogP contribution in [0.2, 0.25) is 0 Å². The van der Waals surface area contributed by atoms with Gasteiger partial charge in [0.1, 0.15) is 0 Å². The van der Waals surface area contributed by atoms with Gasteiger partial charge in [0.05, 0.1) is 0 Å². The van der Waals surface area contributed by atoms with Gasteiger partial charge in [-0.05, 0) is 24.7 Å². The summed E-state index contributed by atoms with van der Waals surface area (Å²) in [6.07, 6.45) is 5.31. The van der Waals surface area contributed by atoms with Crippen LogP contribution >= 0.6 is 0 Å². The van der Waals surface area contributed by atoms with Crippen molar-refractivity contribution in [1.82, 2.24) is 0 Å². The van der Waals surface area contributed by atoms with Gasteiger partial charge < -0.3 is 5.73 Å². The summed E-state index contributed by atoms with van der Waals surface area (Å²) < 4.78 is 0. The fraction of sp³-hybridized carbons (Fsp3) is 1.00. The summed E-state index contributed by atoms with van der Waals surface area (Å²) in [5.74, 6) is 1.76. The smallest absolute Gasteiger partial charge is 0.0102 e. The van der Waals surface area contributed by atoms with Crippen molar-refractivity contribution in [2.24, 2.45) is 17.6 Å². The summed E-state index contributed by atoms with van der Waals surface area (Å²) in [5, 5.41) is 0. The first-order chi connectivity index (χ1) is 4.81. The first-order valence-corrected chi connectivity index (χ1v) is 4.56. The third-order valence-electron chi connectivity index (χ3n) is 2.64. The van der Waals surface area contributed by atoms with Gasteiger partial charge in [0.25, 0.3) is 0 Å². The van der Waals surface area contributed by atoms with E-state index < -0.39 is 0 Å². The molecule has 0 bridgehead atoms. The first kappa shape index (κ1) is 8.06. The lowest BCUT2D eigenvalue weighted by atomic mass is 10.1. The lowest BCUT2D eigenvalue weighted by Crippen LogP contribution is -2.03. The molecule has 2 N–H and O–H groups in total. The minimum absolute atomic E-state index is 0.555. The lowest BCUT2D eigenvalue weighted by Gasteiger charge is -1.92. The second kappa shape index (κ2) is 3.38. The van der Waals surface area contributed by atoms with Crippen molar-refractivity contribution in [3.8, 4) is 0 Å². The molecule has 0 aromatic carbocycles. The Labute approximate surface area is 64.0 Å². The van der Waals surface area contributed by atoms with Crippen molar-refractivity contribution in [2.75, 3.05) is 0 Å². The fourth-order valence-electron chi connectivity index (χ4n) is 1.95. The SMILES string of the molecule is CCCC1C(N)C1CCC. The highest BCUT2D eigenvalue weighted by Crippen LogP contribution is 2.43. The van der Waals surface area contributed by atoms with Crippen LogP contribution in [0.3, 0.4) is 0 Å². The number of hydrogen-bond acceptors (Lipinski definition) is 1. The van der Waals surface area contributed by atoms with Gasteiger partial charge in [0.2, 0.25) is 0 Å². The third-order valence-corrected chi connectivity index (χ3v) is 2.64. The average Bonchev–Trinajstić information content (AvgIpc) is 2.48. The Morgan fingerprint density at radius 1 is 1.00 bits per heavy atom. The molecule has 1 fully saturated rings. The van der Waals surface area contributed by atoms with Crippen LogP contribution in [-0.4, -0.2) is 6.04 Å². The van der Waals surface area contributed by atoms with E-state index in [9.17, 15) is 0 Å². The van der Waals surface area contributed by atoms with Crippen LogP contribution in [0.5, 0.6) is 0 Å². The molecule has 0 heterocycles. The normalized spacial score (nSPS) is 38.1. The number of hydrogen-bond donors (Lipinski definition) is 1. The Morgan fingerprint density at radius 2 is 1.40 bits per heavy atom. The van der Waals surface area contributed by atoms with Crippen LogP contribution < -0.4 is 5.73 Å². The van der Waals surface area contributed by atoms with Gasteiger partial charge in [0, 0.05) is 6.04 Å². The second-order valence-electron chi connectivity index (χ2n) is 3.48. The summed E-state index contributed by atoms with van der Waals surface area (Å²) in [5.41, 5.74) is 5.88. The maximum atomic E-state index is 5.88. The van der Waals surface area contributed by atoms with E-state index in [1.54, 1.807) is 0 Å². The Balaban J connectivity index is 2.14. The van der Waals surface area contributed by atoms with Gasteiger partial charge in [0.15, 0.2) is 0 Å². The van der Waals surface area contributed by atoms with E-state index in [0.717, 1.165) is 11.8 Å². The lowest BCUT2D eigenvalue weighted by molar-refractivity contribution is 0.593. The molecular formula is C9H19N. The van der Waals surface area contributed by atoms with Crippen LogP contribution in [0.15, 0.2) is 0 Å². The minimum Gasteiger partial charge on any atom is -0.327 e. The topological polar surface area (TPSA) is 26.0 Å². The highest BCUT2D eigenvalue weighted by atomic mass is 14.8. The monoisotopic (exact) mass is 141 g/mol. The quantitative estimate of drug-likeness (QED) is 0.638. The van der Waals surface area contributed by atoms with E-state index in [4.69, 9.17) is 5.73 Å². The largest absolute Gasteiger partial charge is 0.327 e. The molecule has 0 aromatic rings. The van der Waals surface area contributed by atoms with Crippen LogP contribution in [0.25, 0.3) is 0 Å². The fourth-order valence-corrected chi connectivity index (χ4v) is 1.95. The highest BCUT2D eigenvalue weighted by Gasteiger charge is 2.44. The van der Waals surface area contributed by atoms with Gasteiger partial charge >= 0.3 is 0 Å². The van der Waals surface area contributed by atoms with Gasteiger partial charge in [-0.2, -0.15) is 0 Å². The number of rotatable bonds is 4. The zero-order valence-electron chi connectivity index (χ0n) is 7.14. The second-order valence-corrected chi connectivity index (χ2v) is 3.48. The van der Waals surface area contributed by atoms with E-state index >= 15 is 0 Å². The predicted molar refractivity (Wildman–Crippen MR) is 44.8 cm³/mol. The van der Waals surface area contributed by atoms with E-state index in [-0.39, 0.29) is 0 Å². The average molecular weight is 141 g/mol. The van der Waals surface area contributed by atoms with Gasteiger partial charge in [-0.15, -0.1) is 0 Å². The van der Waals surface area contributed by atoms with Crippen LogP contribution in [-0.2, 0) is 0 Å². The Bertz CT molecular complexity index is 88.9. The Morgan fingerprint density at radius 3 is 1.70 bits per heavy atom. The summed E-state index contributed by atoms with van der Waals surface area (Å²) in [7, 11) is 0. The van der Waals surface area contributed by atoms with Crippen LogP contribution in [0, 0.1) is 11.8 Å². The molecule has 0 saturated heterocycles. The molecule has 0 spiro atoms. The predicted octanol–water partition coefficient (Wildman–Crippen LogP) is 2.16. The van der Waals surface area contributed by atoms with Crippen molar-refractivity contribution < 1.29 is 0 Å². The van der Waals surface area contributed by atoms with E-state index in [2.05, 4.69) is 13.8 Å².